The molecule has 31 heavy (non-hydrogen) atoms. The largest absolute Gasteiger partial charge is 0.487 e. The van der Waals surface area contributed by atoms with Gasteiger partial charge in [-0.2, -0.15) is 4.31 Å². The van der Waals surface area contributed by atoms with Gasteiger partial charge < -0.3 is 14.6 Å². The molecule has 0 saturated heterocycles. The van der Waals surface area contributed by atoms with Gasteiger partial charge >= 0.3 is 0 Å². The molecule has 0 bridgehead atoms. The lowest BCUT2D eigenvalue weighted by atomic mass is 10.0. The molecular formula is C20H30N2O7S2. The molecule has 0 spiro atoms. The van der Waals surface area contributed by atoms with Crippen molar-refractivity contribution >= 4 is 20.0 Å². The maximum absolute atomic E-state index is 13.4. The zero-order chi connectivity index (χ0) is 23.4. The van der Waals surface area contributed by atoms with Crippen LogP contribution >= 0.6 is 0 Å². The standard InChI is InChI=1S/C20H30N2O7S2/c1-15-12-22(16(2)14-23)31(26,27)20-9-8-17(7-6-10-28-4)11-18(20)29-19(15)13-21(3)30(5,24)25/h8-9,11,15-16,19,23H,10,12-14H2,1-5H3/t15-,16+,19-/m1/s1. The minimum Gasteiger partial charge on any atom is -0.487 e. The number of benzene rings is 1. The fourth-order valence-corrected chi connectivity index (χ4v) is 5.36. The lowest BCUT2D eigenvalue weighted by Crippen LogP contribution is -2.50. The fraction of sp³-hybridized carbons (Fsp3) is 0.600. The number of likely N-dealkylation sites (N-methyl/N-ethyl adjacent to an activating group) is 1. The second kappa shape index (κ2) is 10.3. The molecule has 0 aliphatic carbocycles. The van der Waals surface area contributed by atoms with Crippen molar-refractivity contribution < 1.29 is 31.4 Å². The van der Waals surface area contributed by atoms with Crippen molar-refractivity contribution in [3.63, 3.8) is 0 Å². The highest BCUT2D eigenvalue weighted by atomic mass is 32.2. The van der Waals surface area contributed by atoms with Crippen LogP contribution in [0.5, 0.6) is 5.75 Å². The van der Waals surface area contributed by atoms with Crippen molar-refractivity contribution in [3.05, 3.63) is 23.8 Å². The number of fused-ring (bicyclic) bond motifs is 1. The lowest BCUT2D eigenvalue weighted by Gasteiger charge is -2.37. The van der Waals surface area contributed by atoms with E-state index in [1.165, 1.54) is 34.9 Å². The molecule has 1 aromatic carbocycles. The average molecular weight is 475 g/mol. The van der Waals surface area contributed by atoms with E-state index >= 15 is 0 Å². The van der Waals surface area contributed by atoms with E-state index in [1.807, 2.05) is 0 Å². The number of aliphatic hydroxyl groups is 1. The monoisotopic (exact) mass is 474 g/mol. The van der Waals surface area contributed by atoms with E-state index in [-0.39, 0.29) is 42.9 Å². The van der Waals surface area contributed by atoms with E-state index in [0.29, 0.717) is 5.56 Å². The zero-order valence-electron chi connectivity index (χ0n) is 18.4. The van der Waals surface area contributed by atoms with Gasteiger partial charge in [0.15, 0.2) is 0 Å². The molecule has 9 nitrogen and oxygen atoms in total. The van der Waals surface area contributed by atoms with Gasteiger partial charge in [-0.25, -0.2) is 21.1 Å². The van der Waals surface area contributed by atoms with Crippen molar-refractivity contribution in [2.24, 2.45) is 5.92 Å². The summed E-state index contributed by atoms with van der Waals surface area (Å²) in [6.07, 6.45) is 0.479. The number of methoxy groups -OCH3 is 1. The normalized spacial score (nSPS) is 22.4. The number of nitrogens with zero attached hydrogens (tertiary/aromatic N) is 2. The van der Waals surface area contributed by atoms with Crippen LogP contribution in [0, 0.1) is 17.8 Å². The third-order valence-corrected chi connectivity index (χ3v) is 8.42. The van der Waals surface area contributed by atoms with Crippen molar-refractivity contribution in [2.45, 2.75) is 30.9 Å². The van der Waals surface area contributed by atoms with E-state index in [9.17, 15) is 21.9 Å². The Morgan fingerprint density at radius 2 is 2.10 bits per heavy atom. The Hall–Kier alpha value is -1.68. The lowest BCUT2D eigenvalue weighted by molar-refractivity contribution is 0.0905. The highest BCUT2D eigenvalue weighted by Crippen LogP contribution is 2.34. The van der Waals surface area contributed by atoms with Crippen LogP contribution in [0.25, 0.3) is 0 Å². The molecule has 1 aliphatic heterocycles. The van der Waals surface area contributed by atoms with Crippen molar-refractivity contribution in [3.8, 4) is 17.6 Å². The first-order valence-electron chi connectivity index (χ1n) is 9.74. The summed E-state index contributed by atoms with van der Waals surface area (Å²) in [6, 6.07) is 3.87. The average Bonchev–Trinajstić information content (AvgIpc) is 2.69. The van der Waals surface area contributed by atoms with Crippen LogP contribution in [0.15, 0.2) is 23.1 Å². The molecule has 0 aromatic heterocycles. The summed E-state index contributed by atoms with van der Waals surface area (Å²) in [5, 5.41) is 9.64. The van der Waals surface area contributed by atoms with Gasteiger partial charge in [-0.3, -0.25) is 0 Å². The zero-order valence-corrected chi connectivity index (χ0v) is 20.0. The Morgan fingerprint density at radius 3 is 2.68 bits per heavy atom. The number of rotatable bonds is 6. The molecule has 0 saturated carbocycles. The topological polar surface area (TPSA) is 113 Å². The number of sulfonamides is 2. The molecule has 0 amide bonds. The Labute approximate surface area is 185 Å². The first-order chi connectivity index (χ1) is 14.4. The highest BCUT2D eigenvalue weighted by Gasteiger charge is 2.38. The molecule has 1 heterocycles. The first-order valence-corrected chi connectivity index (χ1v) is 13.0. The Morgan fingerprint density at radius 1 is 1.42 bits per heavy atom. The van der Waals surface area contributed by atoms with Crippen LogP contribution in [-0.4, -0.2) is 89.4 Å². The SMILES string of the molecule is COCC#Cc1ccc2c(c1)O[C@H](CN(C)S(C)(=O)=O)[C@H](C)CN([C@@H](C)CO)S2(=O)=O. The van der Waals surface area contributed by atoms with Crippen LogP contribution in [0.3, 0.4) is 0 Å². The summed E-state index contributed by atoms with van der Waals surface area (Å²) in [7, 11) is -4.46. The summed E-state index contributed by atoms with van der Waals surface area (Å²) in [4.78, 5) is -0.0519. The van der Waals surface area contributed by atoms with E-state index < -0.39 is 32.2 Å². The molecule has 1 N–H and O–H groups in total. The van der Waals surface area contributed by atoms with E-state index in [1.54, 1.807) is 19.9 Å². The van der Waals surface area contributed by atoms with Gasteiger partial charge in [0.25, 0.3) is 0 Å². The summed E-state index contributed by atoms with van der Waals surface area (Å²) in [6.45, 7) is 3.39. The van der Waals surface area contributed by atoms with Crippen molar-refractivity contribution in [1.82, 2.24) is 8.61 Å². The summed E-state index contributed by atoms with van der Waals surface area (Å²) >= 11 is 0. The van der Waals surface area contributed by atoms with Crippen molar-refractivity contribution in [2.75, 3.05) is 46.7 Å². The van der Waals surface area contributed by atoms with Crippen LogP contribution < -0.4 is 4.74 Å². The van der Waals surface area contributed by atoms with Crippen LogP contribution in [-0.2, 0) is 24.8 Å². The minimum atomic E-state index is -3.97. The number of ether oxygens (including phenoxy) is 2. The van der Waals surface area contributed by atoms with Crippen LogP contribution in [0.1, 0.15) is 19.4 Å². The molecule has 0 fully saturated rings. The Kier molecular flexibility index (Phi) is 8.49. The predicted molar refractivity (Wildman–Crippen MR) is 117 cm³/mol. The minimum absolute atomic E-state index is 0.0421. The number of hydrogen-bond donors (Lipinski definition) is 1. The van der Waals surface area contributed by atoms with Crippen LogP contribution in [0.2, 0.25) is 0 Å². The van der Waals surface area contributed by atoms with Gasteiger partial charge in [0, 0.05) is 38.2 Å². The molecule has 2 rings (SSSR count). The molecule has 11 heteroatoms. The molecule has 0 unspecified atom stereocenters. The van der Waals surface area contributed by atoms with Crippen molar-refractivity contribution in [1.29, 1.82) is 0 Å². The quantitative estimate of drug-likeness (QED) is 0.592. The van der Waals surface area contributed by atoms with Gasteiger partial charge in [0.1, 0.15) is 23.4 Å². The summed E-state index contributed by atoms with van der Waals surface area (Å²) in [5.41, 5.74) is 0.538. The smallest absolute Gasteiger partial charge is 0.247 e. The number of aliphatic hydroxyl groups excluding tert-OH is 1. The van der Waals surface area contributed by atoms with Gasteiger partial charge in [0.2, 0.25) is 20.0 Å². The van der Waals surface area contributed by atoms with E-state index in [4.69, 9.17) is 9.47 Å². The summed E-state index contributed by atoms with van der Waals surface area (Å²) < 4.78 is 64.0. The fourth-order valence-electron chi connectivity index (χ4n) is 3.12. The molecule has 1 aromatic rings. The first kappa shape index (κ1) is 25.6. The number of hydrogen-bond acceptors (Lipinski definition) is 7. The second-order valence-corrected chi connectivity index (χ2v) is 11.6. The maximum atomic E-state index is 13.4. The highest BCUT2D eigenvalue weighted by molar-refractivity contribution is 7.89. The Balaban J connectivity index is 2.59. The van der Waals surface area contributed by atoms with Gasteiger partial charge in [-0.05, 0) is 25.1 Å². The van der Waals surface area contributed by atoms with Gasteiger partial charge in [0.05, 0.1) is 19.4 Å². The van der Waals surface area contributed by atoms with Gasteiger partial charge in [-0.15, -0.1) is 0 Å². The summed E-state index contributed by atoms with van der Waals surface area (Å²) in [5.74, 6) is 5.43. The van der Waals surface area contributed by atoms with E-state index in [0.717, 1.165) is 6.26 Å². The molecule has 174 valence electrons. The predicted octanol–water partition coefficient (Wildman–Crippen LogP) is 0.345. The molecular weight excluding hydrogens is 444 g/mol. The van der Waals surface area contributed by atoms with Crippen LogP contribution in [0.4, 0.5) is 0 Å². The second-order valence-electron chi connectivity index (χ2n) is 7.68. The molecule has 3 atom stereocenters. The molecule has 1 aliphatic rings. The Bertz CT molecular complexity index is 1050. The molecule has 0 radical (unpaired) electrons. The third-order valence-electron chi connectivity index (χ3n) is 5.12. The van der Waals surface area contributed by atoms with Gasteiger partial charge in [-0.1, -0.05) is 18.8 Å². The maximum Gasteiger partial charge on any atom is 0.247 e. The third kappa shape index (κ3) is 6.19. The van der Waals surface area contributed by atoms with E-state index in [2.05, 4.69) is 11.8 Å².